The minimum Gasteiger partial charge on any atom is -0.324 e. The van der Waals surface area contributed by atoms with Crippen LogP contribution in [-0.4, -0.2) is 0 Å². The van der Waals surface area contributed by atoms with Crippen LogP contribution in [-0.2, 0) is 0 Å². The Labute approximate surface area is 101 Å². The Bertz CT molecular complexity index is 380. The zero-order valence-corrected chi connectivity index (χ0v) is 10.2. The van der Waals surface area contributed by atoms with E-state index in [4.69, 9.17) is 17.3 Å². The molecule has 0 aromatic heterocycles. The van der Waals surface area contributed by atoms with Gasteiger partial charge in [-0.2, -0.15) is 0 Å². The molecule has 0 heterocycles. The Kier molecular flexibility index (Phi) is 3.50. The molecule has 0 aliphatic heterocycles. The van der Waals surface area contributed by atoms with Crippen molar-refractivity contribution >= 4 is 11.6 Å². The molecule has 0 amide bonds. The van der Waals surface area contributed by atoms with E-state index in [1.165, 1.54) is 25.0 Å². The van der Waals surface area contributed by atoms with Crippen LogP contribution in [0.1, 0.15) is 37.8 Å². The SMILES string of the molecule is CC1CCCC1C(N)c1cc(F)ccc1Cl. The third-order valence-corrected chi connectivity index (χ3v) is 4.05. The lowest BCUT2D eigenvalue weighted by Crippen LogP contribution is -2.23. The van der Waals surface area contributed by atoms with Crippen LogP contribution in [0.5, 0.6) is 0 Å². The molecule has 0 saturated heterocycles. The molecule has 1 aromatic carbocycles. The fourth-order valence-electron chi connectivity index (χ4n) is 2.71. The molecule has 3 atom stereocenters. The van der Waals surface area contributed by atoms with E-state index in [0.29, 0.717) is 16.9 Å². The van der Waals surface area contributed by atoms with Crippen LogP contribution in [0.4, 0.5) is 4.39 Å². The molecule has 2 N–H and O–H groups in total. The Morgan fingerprint density at radius 1 is 1.44 bits per heavy atom. The summed E-state index contributed by atoms with van der Waals surface area (Å²) in [5.41, 5.74) is 6.96. The number of hydrogen-bond donors (Lipinski definition) is 1. The first-order chi connectivity index (χ1) is 7.59. The highest BCUT2D eigenvalue weighted by Crippen LogP contribution is 2.40. The lowest BCUT2D eigenvalue weighted by molar-refractivity contribution is 0.350. The van der Waals surface area contributed by atoms with Gasteiger partial charge in [0.25, 0.3) is 0 Å². The van der Waals surface area contributed by atoms with Gasteiger partial charge in [0.05, 0.1) is 0 Å². The Morgan fingerprint density at radius 2 is 2.19 bits per heavy atom. The van der Waals surface area contributed by atoms with Crippen LogP contribution in [0.15, 0.2) is 18.2 Å². The summed E-state index contributed by atoms with van der Waals surface area (Å²) in [5, 5.41) is 0.577. The van der Waals surface area contributed by atoms with Gasteiger partial charge in [0, 0.05) is 11.1 Å². The van der Waals surface area contributed by atoms with E-state index >= 15 is 0 Å². The zero-order valence-electron chi connectivity index (χ0n) is 9.42. The van der Waals surface area contributed by atoms with Gasteiger partial charge in [0.1, 0.15) is 5.82 Å². The molecule has 16 heavy (non-hydrogen) atoms. The Morgan fingerprint density at radius 3 is 2.81 bits per heavy atom. The van der Waals surface area contributed by atoms with Crippen LogP contribution >= 0.6 is 11.6 Å². The van der Waals surface area contributed by atoms with Gasteiger partial charge in [-0.1, -0.05) is 31.4 Å². The molecule has 1 aromatic rings. The van der Waals surface area contributed by atoms with Crippen molar-refractivity contribution in [3.8, 4) is 0 Å². The number of rotatable bonds is 2. The van der Waals surface area contributed by atoms with Crippen LogP contribution in [0.3, 0.4) is 0 Å². The smallest absolute Gasteiger partial charge is 0.123 e. The van der Waals surface area contributed by atoms with E-state index in [1.54, 1.807) is 6.07 Å². The molecular weight excluding hydrogens is 225 g/mol. The van der Waals surface area contributed by atoms with Gasteiger partial charge in [0.2, 0.25) is 0 Å². The average molecular weight is 242 g/mol. The first kappa shape index (κ1) is 11.9. The molecular formula is C13H17ClFN. The molecule has 1 fully saturated rings. The van der Waals surface area contributed by atoms with Crippen LogP contribution in [0.2, 0.25) is 5.02 Å². The number of hydrogen-bond acceptors (Lipinski definition) is 1. The summed E-state index contributed by atoms with van der Waals surface area (Å²) in [6.45, 7) is 2.21. The number of benzene rings is 1. The molecule has 0 bridgehead atoms. The van der Waals surface area contributed by atoms with Crippen molar-refractivity contribution in [1.82, 2.24) is 0 Å². The van der Waals surface area contributed by atoms with Crippen LogP contribution in [0.25, 0.3) is 0 Å². The molecule has 0 spiro atoms. The quantitative estimate of drug-likeness (QED) is 0.835. The fraction of sp³-hybridized carbons (Fsp3) is 0.538. The summed E-state index contributed by atoms with van der Waals surface area (Å²) >= 11 is 6.07. The van der Waals surface area contributed by atoms with Gasteiger partial charge in [-0.25, -0.2) is 4.39 Å². The normalized spacial score (nSPS) is 27.0. The first-order valence-corrected chi connectivity index (χ1v) is 6.18. The second-order valence-electron chi connectivity index (χ2n) is 4.76. The maximum Gasteiger partial charge on any atom is 0.123 e. The summed E-state index contributed by atoms with van der Waals surface area (Å²) in [6.07, 6.45) is 3.55. The van der Waals surface area contributed by atoms with E-state index in [9.17, 15) is 4.39 Å². The molecule has 3 unspecified atom stereocenters. The molecule has 1 aliphatic rings. The average Bonchev–Trinajstić information content (AvgIpc) is 2.67. The maximum absolute atomic E-state index is 13.2. The van der Waals surface area contributed by atoms with E-state index < -0.39 is 0 Å². The highest BCUT2D eigenvalue weighted by molar-refractivity contribution is 6.31. The molecule has 3 heteroatoms. The number of halogens is 2. The third-order valence-electron chi connectivity index (χ3n) is 3.71. The van der Waals surface area contributed by atoms with Crippen molar-refractivity contribution in [1.29, 1.82) is 0 Å². The van der Waals surface area contributed by atoms with E-state index in [0.717, 1.165) is 12.0 Å². The molecule has 1 aliphatic carbocycles. The standard InChI is InChI=1S/C13H17ClFN/c1-8-3-2-4-10(8)13(16)11-7-9(15)5-6-12(11)14/h5-8,10,13H,2-4,16H2,1H3. The van der Waals surface area contributed by atoms with E-state index in [2.05, 4.69) is 6.92 Å². The Balaban J connectivity index is 2.25. The van der Waals surface area contributed by atoms with Gasteiger partial charge in [0.15, 0.2) is 0 Å². The van der Waals surface area contributed by atoms with Crippen molar-refractivity contribution in [2.45, 2.75) is 32.2 Å². The van der Waals surface area contributed by atoms with Crippen molar-refractivity contribution in [3.05, 3.63) is 34.6 Å². The van der Waals surface area contributed by atoms with Crippen molar-refractivity contribution in [2.24, 2.45) is 17.6 Å². The summed E-state index contributed by atoms with van der Waals surface area (Å²) in [7, 11) is 0. The van der Waals surface area contributed by atoms with E-state index in [1.807, 2.05) is 0 Å². The molecule has 0 radical (unpaired) electrons. The van der Waals surface area contributed by atoms with Gasteiger partial charge in [-0.05, 0) is 42.0 Å². The highest BCUT2D eigenvalue weighted by Gasteiger charge is 2.30. The van der Waals surface area contributed by atoms with Gasteiger partial charge < -0.3 is 5.73 Å². The van der Waals surface area contributed by atoms with Crippen molar-refractivity contribution in [2.75, 3.05) is 0 Å². The summed E-state index contributed by atoms with van der Waals surface area (Å²) in [4.78, 5) is 0. The second-order valence-corrected chi connectivity index (χ2v) is 5.17. The molecule has 88 valence electrons. The zero-order chi connectivity index (χ0) is 11.7. The topological polar surface area (TPSA) is 26.0 Å². The van der Waals surface area contributed by atoms with Crippen molar-refractivity contribution in [3.63, 3.8) is 0 Å². The highest BCUT2D eigenvalue weighted by atomic mass is 35.5. The molecule has 2 rings (SSSR count). The lowest BCUT2D eigenvalue weighted by Gasteiger charge is -2.24. The van der Waals surface area contributed by atoms with Crippen LogP contribution < -0.4 is 5.73 Å². The van der Waals surface area contributed by atoms with Gasteiger partial charge >= 0.3 is 0 Å². The Hall–Kier alpha value is -0.600. The monoisotopic (exact) mass is 241 g/mol. The van der Waals surface area contributed by atoms with Gasteiger partial charge in [-0.15, -0.1) is 0 Å². The summed E-state index contributed by atoms with van der Waals surface area (Å²) < 4.78 is 13.2. The summed E-state index contributed by atoms with van der Waals surface area (Å²) in [5.74, 6) is 0.772. The number of nitrogens with two attached hydrogens (primary N) is 1. The second kappa shape index (κ2) is 4.72. The predicted molar refractivity (Wildman–Crippen MR) is 64.8 cm³/mol. The third kappa shape index (κ3) is 2.23. The largest absolute Gasteiger partial charge is 0.324 e. The van der Waals surface area contributed by atoms with E-state index in [-0.39, 0.29) is 11.9 Å². The molecule has 1 saturated carbocycles. The lowest BCUT2D eigenvalue weighted by atomic mass is 9.86. The predicted octanol–water partition coefficient (Wildman–Crippen LogP) is 3.92. The minimum atomic E-state index is -0.263. The van der Waals surface area contributed by atoms with Gasteiger partial charge in [-0.3, -0.25) is 0 Å². The summed E-state index contributed by atoms with van der Waals surface area (Å²) in [6, 6.07) is 4.29. The molecule has 1 nitrogen and oxygen atoms in total. The maximum atomic E-state index is 13.2. The van der Waals surface area contributed by atoms with Crippen LogP contribution in [0, 0.1) is 17.7 Å². The first-order valence-electron chi connectivity index (χ1n) is 5.80. The van der Waals surface area contributed by atoms with Crippen molar-refractivity contribution < 1.29 is 4.39 Å². The fourth-order valence-corrected chi connectivity index (χ4v) is 2.95. The minimum absolute atomic E-state index is 0.138.